The Labute approximate surface area is 148 Å². The number of rotatable bonds is 6. The average Bonchev–Trinajstić information content (AvgIpc) is 2.96. The fraction of sp³-hybridized carbons (Fsp3) is 0.235. The van der Waals surface area contributed by atoms with Crippen LogP contribution in [0.5, 0.6) is 17.2 Å². The third kappa shape index (κ3) is 2.83. The molecule has 1 atom stereocenters. The zero-order valence-corrected chi connectivity index (χ0v) is 14.3. The van der Waals surface area contributed by atoms with E-state index in [1.54, 1.807) is 12.1 Å². The largest absolute Gasteiger partial charge is 0.494 e. The molecule has 0 saturated heterocycles. The van der Waals surface area contributed by atoms with Crippen LogP contribution in [-0.4, -0.2) is 32.2 Å². The molecule has 2 aromatic carbocycles. The number of esters is 1. The van der Waals surface area contributed by atoms with E-state index in [9.17, 15) is 14.9 Å². The highest BCUT2D eigenvalue weighted by molar-refractivity contribution is 5.98. The van der Waals surface area contributed by atoms with Crippen molar-refractivity contribution in [1.29, 1.82) is 0 Å². The van der Waals surface area contributed by atoms with Crippen molar-refractivity contribution < 1.29 is 28.7 Å². The minimum absolute atomic E-state index is 0.109. The summed E-state index contributed by atoms with van der Waals surface area (Å²) in [5, 5.41) is 13.9. The van der Waals surface area contributed by atoms with E-state index in [-0.39, 0.29) is 22.7 Å². The van der Waals surface area contributed by atoms with E-state index in [1.165, 1.54) is 39.5 Å². The van der Waals surface area contributed by atoms with Crippen LogP contribution in [-0.2, 0) is 4.74 Å². The Bertz CT molecular complexity index is 882. The number of hydrogen-bond donors (Lipinski definition) is 1. The quantitative estimate of drug-likeness (QED) is 0.476. The normalized spacial score (nSPS) is 15.0. The van der Waals surface area contributed by atoms with Gasteiger partial charge in [-0.3, -0.25) is 10.1 Å². The van der Waals surface area contributed by atoms with E-state index in [0.29, 0.717) is 17.0 Å². The van der Waals surface area contributed by atoms with Crippen LogP contribution in [0.4, 0.5) is 11.4 Å². The van der Waals surface area contributed by atoms with E-state index in [0.717, 1.165) is 0 Å². The smallest absolute Gasteiger partial charge is 0.344 e. The van der Waals surface area contributed by atoms with Crippen LogP contribution in [0, 0.1) is 10.1 Å². The molecule has 1 aliphatic rings. The summed E-state index contributed by atoms with van der Waals surface area (Å²) in [6.07, 6.45) is -0.798. The lowest BCUT2D eigenvalue weighted by Gasteiger charge is -2.17. The van der Waals surface area contributed by atoms with Crippen molar-refractivity contribution in [2.24, 2.45) is 0 Å². The molecule has 0 aromatic heterocycles. The maximum atomic E-state index is 12.3. The Balaban J connectivity index is 1.97. The SMILES string of the molecule is COc1cc([N+](=O)[O-])ccc1NC1OC(=O)c2c1ccc(OC)c2OC. The number of fused-ring (bicyclic) bond motifs is 1. The molecular weight excluding hydrogens is 344 g/mol. The van der Waals surface area contributed by atoms with Gasteiger partial charge in [-0.05, 0) is 18.2 Å². The monoisotopic (exact) mass is 360 g/mol. The maximum Gasteiger partial charge on any atom is 0.344 e. The third-order valence-corrected chi connectivity index (χ3v) is 3.97. The van der Waals surface area contributed by atoms with Crippen molar-refractivity contribution in [2.75, 3.05) is 26.6 Å². The molecule has 0 radical (unpaired) electrons. The van der Waals surface area contributed by atoms with Crippen LogP contribution in [0.1, 0.15) is 22.1 Å². The fourth-order valence-electron chi connectivity index (χ4n) is 2.76. The van der Waals surface area contributed by atoms with E-state index < -0.39 is 17.1 Å². The van der Waals surface area contributed by atoms with Crippen LogP contribution >= 0.6 is 0 Å². The van der Waals surface area contributed by atoms with Gasteiger partial charge in [0, 0.05) is 11.6 Å². The van der Waals surface area contributed by atoms with Gasteiger partial charge < -0.3 is 24.3 Å². The van der Waals surface area contributed by atoms with E-state index in [4.69, 9.17) is 18.9 Å². The standard InChI is InChI=1S/C17H16N2O7/c1-23-12-7-5-10-14(15(12)25-3)17(20)26-16(10)18-11-6-4-9(19(21)22)8-13(11)24-2/h4-8,16,18H,1-3H3. The Hall–Kier alpha value is -3.49. The van der Waals surface area contributed by atoms with Gasteiger partial charge in [0.25, 0.3) is 5.69 Å². The number of methoxy groups -OCH3 is 3. The van der Waals surface area contributed by atoms with Crippen molar-refractivity contribution in [3.8, 4) is 17.2 Å². The van der Waals surface area contributed by atoms with Gasteiger partial charge in [0.05, 0.1) is 38.0 Å². The summed E-state index contributed by atoms with van der Waals surface area (Å²) >= 11 is 0. The van der Waals surface area contributed by atoms with Crippen molar-refractivity contribution >= 4 is 17.3 Å². The summed E-state index contributed by atoms with van der Waals surface area (Å²) in [7, 11) is 4.31. The molecular formula is C17H16N2O7. The third-order valence-electron chi connectivity index (χ3n) is 3.97. The van der Waals surface area contributed by atoms with Gasteiger partial charge >= 0.3 is 5.97 Å². The van der Waals surface area contributed by atoms with Crippen molar-refractivity contribution in [3.05, 3.63) is 51.6 Å². The minimum atomic E-state index is -0.798. The molecule has 0 spiro atoms. The predicted molar refractivity (Wildman–Crippen MR) is 91.0 cm³/mol. The Morgan fingerprint density at radius 1 is 1.08 bits per heavy atom. The van der Waals surface area contributed by atoms with Crippen LogP contribution in [0.25, 0.3) is 0 Å². The summed E-state index contributed by atoms with van der Waals surface area (Å²) in [6.45, 7) is 0. The lowest BCUT2D eigenvalue weighted by molar-refractivity contribution is -0.384. The topological polar surface area (TPSA) is 109 Å². The molecule has 0 aliphatic carbocycles. The van der Waals surface area contributed by atoms with Crippen molar-refractivity contribution in [3.63, 3.8) is 0 Å². The second-order valence-corrected chi connectivity index (χ2v) is 5.34. The molecule has 0 saturated carbocycles. The number of ether oxygens (including phenoxy) is 4. The Morgan fingerprint density at radius 2 is 1.81 bits per heavy atom. The van der Waals surface area contributed by atoms with Gasteiger partial charge in [0.2, 0.25) is 6.23 Å². The molecule has 1 unspecified atom stereocenters. The lowest BCUT2D eigenvalue weighted by atomic mass is 10.1. The summed E-state index contributed by atoms with van der Waals surface area (Å²) < 4.78 is 21.1. The minimum Gasteiger partial charge on any atom is -0.494 e. The number of non-ortho nitro benzene ring substituents is 1. The lowest BCUT2D eigenvalue weighted by Crippen LogP contribution is -2.11. The molecule has 1 heterocycles. The molecule has 26 heavy (non-hydrogen) atoms. The van der Waals surface area contributed by atoms with Crippen molar-refractivity contribution in [2.45, 2.75) is 6.23 Å². The van der Waals surface area contributed by atoms with Crippen molar-refractivity contribution in [1.82, 2.24) is 0 Å². The number of benzene rings is 2. The highest BCUT2D eigenvalue weighted by Crippen LogP contribution is 2.43. The first-order valence-electron chi connectivity index (χ1n) is 7.55. The fourth-order valence-corrected chi connectivity index (χ4v) is 2.76. The van der Waals surface area contributed by atoms with E-state index in [1.807, 2.05) is 0 Å². The second kappa shape index (κ2) is 6.79. The van der Waals surface area contributed by atoms with E-state index in [2.05, 4.69) is 5.32 Å². The summed E-state index contributed by atoms with van der Waals surface area (Å²) in [5.41, 5.74) is 1.17. The number of nitro benzene ring substituents is 1. The molecule has 136 valence electrons. The zero-order valence-electron chi connectivity index (χ0n) is 14.3. The number of carbonyl (C=O) groups is 1. The van der Waals surface area contributed by atoms with Gasteiger partial charge in [-0.15, -0.1) is 0 Å². The molecule has 9 nitrogen and oxygen atoms in total. The highest BCUT2D eigenvalue weighted by Gasteiger charge is 2.36. The molecule has 0 fully saturated rings. The number of nitro groups is 1. The molecule has 3 rings (SSSR count). The van der Waals surface area contributed by atoms with Gasteiger partial charge in [-0.2, -0.15) is 0 Å². The number of hydrogen-bond acceptors (Lipinski definition) is 8. The first-order chi connectivity index (χ1) is 12.5. The molecule has 0 bridgehead atoms. The summed E-state index contributed by atoms with van der Waals surface area (Å²) in [5.74, 6) is 0.394. The molecule has 2 aromatic rings. The summed E-state index contributed by atoms with van der Waals surface area (Å²) in [4.78, 5) is 22.7. The zero-order chi connectivity index (χ0) is 18.8. The Morgan fingerprint density at radius 3 is 2.42 bits per heavy atom. The van der Waals surface area contributed by atoms with Crippen LogP contribution < -0.4 is 19.5 Å². The predicted octanol–water partition coefficient (Wildman–Crippen LogP) is 2.90. The highest BCUT2D eigenvalue weighted by atomic mass is 16.6. The van der Waals surface area contributed by atoms with Gasteiger partial charge in [-0.1, -0.05) is 0 Å². The second-order valence-electron chi connectivity index (χ2n) is 5.34. The van der Waals surface area contributed by atoms with Crippen LogP contribution in [0.2, 0.25) is 0 Å². The Kier molecular flexibility index (Phi) is 4.53. The van der Waals surface area contributed by atoms with Gasteiger partial charge in [0.15, 0.2) is 11.5 Å². The molecule has 1 N–H and O–H groups in total. The maximum absolute atomic E-state index is 12.3. The summed E-state index contributed by atoms with van der Waals surface area (Å²) in [6, 6.07) is 7.47. The van der Waals surface area contributed by atoms with Gasteiger partial charge in [-0.25, -0.2) is 4.79 Å². The first-order valence-corrected chi connectivity index (χ1v) is 7.55. The number of anilines is 1. The number of nitrogens with zero attached hydrogens (tertiary/aromatic N) is 1. The van der Waals surface area contributed by atoms with Gasteiger partial charge in [0.1, 0.15) is 11.3 Å². The first kappa shape index (κ1) is 17.3. The van der Waals surface area contributed by atoms with E-state index >= 15 is 0 Å². The molecule has 9 heteroatoms. The van der Waals surface area contributed by atoms with Crippen LogP contribution in [0.15, 0.2) is 30.3 Å². The molecule has 1 aliphatic heterocycles. The number of carbonyl (C=O) groups excluding carboxylic acids is 1. The van der Waals surface area contributed by atoms with Crippen LogP contribution in [0.3, 0.4) is 0 Å². The number of nitrogens with one attached hydrogen (secondary N) is 1. The average molecular weight is 360 g/mol. The number of cyclic esters (lactones) is 1. The molecule has 0 amide bonds.